The third-order valence-electron chi connectivity index (χ3n) is 1.22. The van der Waals surface area contributed by atoms with Gasteiger partial charge in [0.05, 0.1) is 6.54 Å². The van der Waals surface area contributed by atoms with Crippen molar-refractivity contribution in [2.24, 2.45) is 0 Å². The zero-order chi connectivity index (χ0) is 7.23. The smallest absolute Gasteiger partial charge is 0.0576 e. The molecular formula is C8H10N2. The van der Waals surface area contributed by atoms with Gasteiger partial charge in [-0.1, -0.05) is 5.92 Å². The summed E-state index contributed by atoms with van der Waals surface area (Å²) in [6.45, 7) is 1.47. The molecule has 0 spiro atoms. The number of terminal acetylenes is 1. The Hall–Kier alpha value is -1.20. The highest BCUT2D eigenvalue weighted by atomic mass is 14.8. The molecule has 1 aromatic rings. The number of hydrogen-bond acceptors (Lipinski definition) is 1. The van der Waals surface area contributed by atoms with Gasteiger partial charge in [0.25, 0.3) is 0 Å². The first-order valence-corrected chi connectivity index (χ1v) is 3.19. The summed E-state index contributed by atoms with van der Waals surface area (Å²) in [6, 6.07) is 2.02. The lowest BCUT2D eigenvalue weighted by Crippen LogP contribution is -2.12. The molecule has 0 aliphatic carbocycles. The van der Waals surface area contributed by atoms with Gasteiger partial charge in [-0.2, -0.15) is 0 Å². The standard InChI is InChI=1S/C8H10N2/c1-2-4-9-6-8-3-5-10-7-8/h1,3,5,7,9-10H,4,6H2. The summed E-state index contributed by atoms with van der Waals surface area (Å²) < 4.78 is 0. The van der Waals surface area contributed by atoms with Crippen molar-refractivity contribution in [1.82, 2.24) is 10.3 Å². The van der Waals surface area contributed by atoms with Crippen molar-refractivity contribution in [3.05, 3.63) is 24.0 Å². The number of nitrogens with one attached hydrogen (secondary N) is 2. The summed E-state index contributed by atoms with van der Waals surface area (Å²) in [5.41, 5.74) is 1.23. The SMILES string of the molecule is C#CCNCc1cc[nH]c1. The summed E-state index contributed by atoms with van der Waals surface area (Å²) in [7, 11) is 0. The topological polar surface area (TPSA) is 27.8 Å². The fourth-order valence-corrected chi connectivity index (χ4v) is 0.747. The molecule has 0 bridgehead atoms. The van der Waals surface area contributed by atoms with Gasteiger partial charge in [0, 0.05) is 18.9 Å². The van der Waals surface area contributed by atoms with Crippen molar-refractivity contribution in [3.63, 3.8) is 0 Å². The van der Waals surface area contributed by atoms with E-state index in [1.54, 1.807) is 0 Å². The van der Waals surface area contributed by atoms with Crippen molar-refractivity contribution in [3.8, 4) is 12.3 Å². The van der Waals surface area contributed by atoms with Crippen molar-refractivity contribution in [2.75, 3.05) is 6.54 Å². The Morgan fingerprint density at radius 1 is 1.70 bits per heavy atom. The molecule has 0 saturated heterocycles. The van der Waals surface area contributed by atoms with Gasteiger partial charge in [-0.25, -0.2) is 0 Å². The number of hydrogen-bond donors (Lipinski definition) is 2. The molecule has 0 aromatic carbocycles. The second-order valence-electron chi connectivity index (χ2n) is 2.03. The van der Waals surface area contributed by atoms with E-state index in [9.17, 15) is 0 Å². The molecule has 2 nitrogen and oxygen atoms in total. The molecule has 0 fully saturated rings. The van der Waals surface area contributed by atoms with Gasteiger partial charge >= 0.3 is 0 Å². The van der Waals surface area contributed by atoms with E-state index in [0.717, 1.165) is 6.54 Å². The molecule has 1 heterocycles. The van der Waals surface area contributed by atoms with E-state index < -0.39 is 0 Å². The van der Waals surface area contributed by atoms with Gasteiger partial charge in [0.15, 0.2) is 0 Å². The average Bonchev–Trinajstić information content (AvgIpc) is 2.41. The highest BCUT2D eigenvalue weighted by molar-refractivity contribution is 5.07. The van der Waals surface area contributed by atoms with Crippen LogP contribution < -0.4 is 5.32 Å². The van der Waals surface area contributed by atoms with Crippen LogP contribution in [0.4, 0.5) is 0 Å². The fourth-order valence-electron chi connectivity index (χ4n) is 0.747. The van der Waals surface area contributed by atoms with Crippen molar-refractivity contribution >= 4 is 0 Å². The number of aromatic amines is 1. The number of H-pyrrole nitrogens is 1. The van der Waals surface area contributed by atoms with Gasteiger partial charge < -0.3 is 10.3 Å². The lowest BCUT2D eigenvalue weighted by atomic mass is 10.3. The lowest BCUT2D eigenvalue weighted by molar-refractivity contribution is 0.771. The monoisotopic (exact) mass is 134 g/mol. The zero-order valence-corrected chi connectivity index (χ0v) is 5.72. The zero-order valence-electron chi connectivity index (χ0n) is 5.72. The first-order chi connectivity index (χ1) is 4.93. The third-order valence-corrected chi connectivity index (χ3v) is 1.22. The van der Waals surface area contributed by atoms with Gasteiger partial charge in [-0.05, 0) is 11.6 Å². The molecule has 0 aliphatic heterocycles. The van der Waals surface area contributed by atoms with Crippen LogP contribution in [0.15, 0.2) is 18.5 Å². The van der Waals surface area contributed by atoms with Crippen molar-refractivity contribution < 1.29 is 0 Å². The molecule has 0 atom stereocenters. The van der Waals surface area contributed by atoms with Crippen molar-refractivity contribution in [2.45, 2.75) is 6.54 Å². The first kappa shape index (κ1) is 6.91. The summed E-state index contributed by atoms with van der Waals surface area (Å²) in [5, 5.41) is 3.08. The van der Waals surface area contributed by atoms with E-state index in [-0.39, 0.29) is 0 Å². The highest BCUT2D eigenvalue weighted by Gasteiger charge is 1.87. The highest BCUT2D eigenvalue weighted by Crippen LogP contribution is 1.93. The predicted molar refractivity (Wildman–Crippen MR) is 41.3 cm³/mol. The Balaban J connectivity index is 2.23. The minimum atomic E-state index is 0.630. The molecule has 0 aliphatic rings. The number of aromatic nitrogens is 1. The Labute approximate surface area is 60.6 Å². The van der Waals surface area contributed by atoms with E-state index in [2.05, 4.69) is 16.2 Å². The first-order valence-electron chi connectivity index (χ1n) is 3.19. The van der Waals surface area contributed by atoms with Crippen LogP contribution in [0, 0.1) is 12.3 Å². The lowest BCUT2D eigenvalue weighted by Gasteiger charge is -1.94. The van der Waals surface area contributed by atoms with Crippen LogP contribution in [0.1, 0.15) is 5.56 Å². The maximum absolute atomic E-state index is 5.05. The molecule has 0 saturated carbocycles. The van der Waals surface area contributed by atoms with Gasteiger partial charge in [0.2, 0.25) is 0 Å². The maximum Gasteiger partial charge on any atom is 0.0576 e. The minimum absolute atomic E-state index is 0.630. The molecule has 0 unspecified atom stereocenters. The molecule has 52 valence electrons. The molecule has 1 rings (SSSR count). The summed E-state index contributed by atoms with van der Waals surface area (Å²) >= 11 is 0. The van der Waals surface area contributed by atoms with Gasteiger partial charge in [-0.3, -0.25) is 0 Å². The van der Waals surface area contributed by atoms with E-state index in [1.807, 2.05) is 18.5 Å². The second kappa shape index (κ2) is 3.76. The van der Waals surface area contributed by atoms with Crippen LogP contribution in [-0.2, 0) is 6.54 Å². The summed E-state index contributed by atoms with van der Waals surface area (Å²) in [6.07, 6.45) is 8.89. The molecule has 2 N–H and O–H groups in total. The second-order valence-corrected chi connectivity index (χ2v) is 2.03. The minimum Gasteiger partial charge on any atom is -0.367 e. The molecule has 0 amide bonds. The van der Waals surface area contributed by atoms with Crippen LogP contribution in [0.25, 0.3) is 0 Å². The normalized spacial score (nSPS) is 9.10. The van der Waals surface area contributed by atoms with Crippen LogP contribution in [0.2, 0.25) is 0 Å². The van der Waals surface area contributed by atoms with Gasteiger partial charge in [0.1, 0.15) is 0 Å². The summed E-state index contributed by atoms with van der Waals surface area (Å²) in [5.74, 6) is 2.51. The fraction of sp³-hybridized carbons (Fsp3) is 0.250. The van der Waals surface area contributed by atoms with E-state index in [0.29, 0.717) is 6.54 Å². The van der Waals surface area contributed by atoms with Crippen LogP contribution in [0.3, 0.4) is 0 Å². The van der Waals surface area contributed by atoms with E-state index in [1.165, 1.54) is 5.56 Å². The molecule has 1 aromatic heterocycles. The molecule has 10 heavy (non-hydrogen) atoms. The third kappa shape index (κ3) is 1.96. The molecule has 0 radical (unpaired) electrons. The maximum atomic E-state index is 5.05. The van der Waals surface area contributed by atoms with Crippen LogP contribution >= 0.6 is 0 Å². The Kier molecular flexibility index (Phi) is 2.60. The Morgan fingerprint density at radius 3 is 3.20 bits per heavy atom. The Bertz CT molecular complexity index is 206. The van der Waals surface area contributed by atoms with Crippen LogP contribution in [-0.4, -0.2) is 11.5 Å². The van der Waals surface area contributed by atoms with Crippen LogP contribution in [0.5, 0.6) is 0 Å². The molecular weight excluding hydrogens is 124 g/mol. The van der Waals surface area contributed by atoms with E-state index in [4.69, 9.17) is 6.42 Å². The molecule has 2 heteroatoms. The van der Waals surface area contributed by atoms with Crippen molar-refractivity contribution in [1.29, 1.82) is 0 Å². The summed E-state index contributed by atoms with van der Waals surface area (Å²) in [4.78, 5) is 2.96. The average molecular weight is 134 g/mol. The van der Waals surface area contributed by atoms with E-state index >= 15 is 0 Å². The Morgan fingerprint density at radius 2 is 2.60 bits per heavy atom. The predicted octanol–water partition coefficient (Wildman–Crippen LogP) is 0.738. The quantitative estimate of drug-likeness (QED) is 0.463. The number of rotatable bonds is 3. The van der Waals surface area contributed by atoms with Gasteiger partial charge in [-0.15, -0.1) is 6.42 Å². The largest absolute Gasteiger partial charge is 0.367 e.